The van der Waals surface area contributed by atoms with Gasteiger partial charge in [0.05, 0.1) is 52.9 Å². The molecular formula is C52H84N6O12S. The van der Waals surface area contributed by atoms with Gasteiger partial charge in [-0.2, -0.15) is 0 Å². The van der Waals surface area contributed by atoms with Crippen LogP contribution in [0.3, 0.4) is 0 Å². The number of aliphatic hydroxyl groups excluding tert-OH is 3. The SMILES string of the molecule is CC[C@H]1OC(=O)[C@H](C)[C@@H](O[C@H]2C[C@@](C)(OC)[C@@H](O)[C@H](C)O2)[C@H](C)[C@@H](O[C@@H]2O[C@H](C)C[C@H](N(C)CCc3cn(CCc4csc(-c5ccccc5)n4)nn3)[C@H]2O)[C@](C)(O)C[C@@H](C)CN(C)[C@H](C)[C@@H](O)[C@]1(C)O. The van der Waals surface area contributed by atoms with Crippen molar-refractivity contribution in [1.29, 1.82) is 0 Å². The fourth-order valence-corrected chi connectivity index (χ4v) is 11.9. The first-order chi connectivity index (χ1) is 33.4. The third-order valence-electron chi connectivity index (χ3n) is 15.6. The van der Waals surface area contributed by atoms with Gasteiger partial charge < -0.3 is 63.8 Å². The van der Waals surface area contributed by atoms with Crippen molar-refractivity contribution in [1.82, 2.24) is 29.8 Å². The number of nitrogens with zero attached hydrogens (tertiary/aromatic N) is 6. The minimum Gasteiger partial charge on any atom is -0.459 e. The lowest BCUT2D eigenvalue weighted by Gasteiger charge is -2.49. The molecule has 0 radical (unpaired) electrons. The van der Waals surface area contributed by atoms with Crippen LogP contribution in [0.15, 0.2) is 41.9 Å². The number of hydrogen-bond acceptors (Lipinski definition) is 18. The molecule has 3 aliphatic heterocycles. The molecule has 5 N–H and O–H groups in total. The average Bonchev–Trinajstić information content (AvgIpc) is 4.01. The van der Waals surface area contributed by atoms with E-state index >= 15 is 0 Å². The summed E-state index contributed by atoms with van der Waals surface area (Å²) < 4.78 is 40.2. The number of benzene rings is 1. The van der Waals surface area contributed by atoms with Crippen LogP contribution in [0.25, 0.3) is 10.6 Å². The van der Waals surface area contributed by atoms with Crippen LogP contribution in [0, 0.1) is 17.8 Å². The predicted octanol–water partition coefficient (Wildman–Crippen LogP) is 4.47. The van der Waals surface area contributed by atoms with Crippen molar-refractivity contribution in [2.24, 2.45) is 17.8 Å². The van der Waals surface area contributed by atoms with Gasteiger partial charge in [0, 0.05) is 81.1 Å². The van der Waals surface area contributed by atoms with E-state index < -0.39 is 102 Å². The first-order valence-corrected chi connectivity index (χ1v) is 26.4. The molecule has 18 nitrogen and oxygen atoms in total. The van der Waals surface area contributed by atoms with E-state index in [4.69, 9.17) is 33.4 Å². The number of aromatic nitrogens is 4. The van der Waals surface area contributed by atoms with E-state index in [1.54, 1.807) is 52.9 Å². The number of thiazole rings is 1. The number of cyclic esters (lactones) is 1. The van der Waals surface area contributed by atoms with Gasteiger partial charge in [0.2, 0.25) is 0 Å². The Bertz CT molecular complexity index is 2130. The Balaban J connectivity index is 1.23. The summed E-state index contributed by atoms with van der Waals surface area (Å²) in [6.45, 7) is 19.2. The second-order valence-electron chi connectivity index (χ2n) is 21.7. The maximum Gasteiger partial charge on any atom is 0.311 e. The summed E-state index contributed by atoms with van der Waals surface area (Å²) >= 11 is 1.63. The number of ether oxygens (including phenoxy) is 6. The van der Waals surface area contributed by atoms with Crippen LogP contribution < -0.4 is 0 Å². The van der Waals surface area contributed by atoms with E-state index in [-0.39, 0.29) is 31.3 Å². The van der Waals surface area contributed by atoms with Gasteiger partial charge in [-0.3, -0.25) is 9.48 Å². The number of rotatable bonds is 14. The minimum atomic E-state index is -1.83. The van der Waals surface area contributed by atoms with E-state index in [0.29, 0.717) is 38.9 Å². The molecule has 0 bridgehead atoms. The van der Waals surface area contributed by atoms with E-state index in [2.05, 4.69) is 32.7 Å². The van der Waals surface area contributed by atoms with Crippen molar-refractivity contribution in [2.45, 2.75) is 205 Å². The van der Waals surface area contributed by atoms with Crippen molar-refractivity contribution >= 4 is 17.3 Å². The van der Waals surface area contributed by atoms with Crippen molar-refractivity contribution in [2.75, 3.05) is 34.3 Å². The molecular weight excluding hydrogens is 933 g/mol. The van der Waals surface area contributed by atoms with Crippen molar-refractivity contribution in [3.63, 3.8) is 0 Å². The van der Waals surface area contributed by atoms with E-state index in [1.165, 1.54) is 14.0 Å². The number of carbonyl (C=O) groups is 1. The van der Waals surface area contributed by atoms with E-state index in [9.17, 15) is 30.3 Å². The number of likely N-dealkylation sites (N-methyl/N-ethyl adjacent to an activating group) is 2. The largest absolute Gasteiger partial charge is 0.459 e. The maximum atomic E-state index is 14.5. The molecule has 0 aliphatic carbocycles. The van der Waals surface area contributed by atoms with Gasteiger partial charge in [-0.15, -0.1) is 16.4 Å². The Morgan fingerprint density at radius 3 is 2.32 bits per heavy atom. The van der Waals surface area contributed by atoms with Crippen LogP contribution in [0.1, 0.15) is 106 Å². The van der Waals surface area contributed by atoms with Crippen molar-refractivity contribution < 1.29 is 58.7 Å². The first-order valence-electron chi connectivity index (χ1n) is 25.5. The normalized spacial score (nSPS) is 39.5. The Kier molecular flexibility index (Phi) is 19.4. The number of esters is 1. The summed E-state index contributed by atoms with van der Waals surface area (Å²) in [5.74, 6) is -2.75. The van der Waals surface area contributed by atoms with E-state index in [0.717, 1.165) is 22.0 Å². The monoisotopic (exact) mass is 1020 g/mol. The molecule has 3 saturated heterocycles. The minimum absolute atomic E-state index is 0.108. The summed E-state index contributed by atoms with van der Waals surface area (Å²) in [5.41, 5.74) is -1.60. The summed E-state index contributed by atoms with van der Waals surface area (Å²) in [7, 11) is 5.31. The number of aliphatic hydroxyl groups is 5. The molecule has 3 aromatic rings. The van der Waals surface area contributed by atoms with Crippen LogP contribution in [0.4, 0.5) is 0 Å². The lowest BCUT2D eigenvalue weighted by molar-refractivity contribution is -0.318. The smallest absolute Gasteiger partial charge is 0.311 e. The topological polar surface area (TPSA) is 224 Å². The summed E-state index contributed by atoms with van der Waals surface area (Å²) in [6.07, 6.45) is -5.68. The zero-order chi connectivity index (χ0) is 52.2. The first kappa shape index (κ1) is 57.3. The lowest BCUT2D eigenvalue weighted by Crippen LogP contribution is -2.61. The van der Waals surface area contributed by atoms with Crippen LogP contribution >= 0.6 is 11.3 Å². The average molecular weight is 1020 g/mol. The third-order valence-corrected chi connectivity index (χ3v) is 16.5. The van der Waals surface area contributed by atoms with Crippen LogP contribution in [0.5, 0.6) is 0 Å². The molecule has 400 valence electrons. The molecule has 5 heterocycles. The summed E-state index contributed by atoms with van der Waals surface area (Å²) in [6, 6.07) is 9.16. The highest BCUT2D eigenvalue weighted by Crippen LogP contribution is 2.40. The molecule has 0 saturated carbocycles. The highest BCUT2D eigenvalue weighted by molar-refractivity contribution is 7.13. The predicted molar refractivity (Wildman–Crippen MR) is 268 cm³/mol. The second-order valence-corrected chi connectivity index (χ2v) is 22.5. The number of aryl methyl sites for hydroxylation is 2. The molecule has 1 aromatic carbocycles. The Morgan fingerprint density at radius 1 is 0.944 bits per heavy atom. The van der Waals surface area contributed by atoms with Crippen LogP contribution in [-0.2, 0) is 52.6 Å². The lowest BCUT2D eigenvalue weighted by atomic mass is 9.77. The maximum absolute atomic E-state index is 14.5. The van der Waals surface area contributed by atoms with Gasteiger partial charge in [-0.1, -0.05) is 56.3 Å². The highest BCUT2D eigenvalue weighted by Gasteiger charge is 2.53. The third kappa shape index (κ3) is 13.6. The van der Waals surface area contributed by atoms with Gasteiger partial charge in [0.1, 0.15) is 35.0 Å². The molecule has 3 fully saturated rings. The Labute approximate surface area is 424 Å². The van der Waals surface area contributed by atoms with E-state index in [1.807, 2.05) is 68.8 Å². The standard InChI is InChI=1S/C52H84N6O12S/c1-14-40-52(10,64)44(60)34(6)57(12)27-30(2)25-50(8,63)46(32(4)43(33(5)48(62)68-40)69-41-26-51(9,65-13)45(61)35(7)67-41)70-49-42(59)39(24-31(3)66-49)56(11)22-20-37-28-58(55-54-37)23-21-38-29-71-47(53-38)36-18-16-15-17-19-36/h15-19,28-35,39-46,49,59-61,63-64H,14,20-27H2,1-13H3/t30-,31-,32+,33-,34-,35+,39+,40-,41+,42-,43+,44-,45+,46-,49+,50-,51-,52-/m1/s1. The zero-order valence-electron chi connectivity index (χ0n) is 44.3. The Morgan fingerprint density at radius 2 is 1.65 bits per heavy atom. The van der Waals surface area contributed by atoms with Crippen molar-refractivity contribution in [3.8, 4) is 10.6 Å². The molecule has 0 spiro atoms. The number of methoxy groups -OCH3 is 1. The van der Waals surface area contributed by atoms with Crippen LogP contribution in [0.2, 0.25) is 0 Å². The van der Waals surface area contributed by atoms with Crippen LogP contribution in [-0.4, -0.2) is 186 Å². The molecule has 18 atom stereocenters. The van der Waals surface area contributed by atoms with Gasteiger partial charge in [0.25, 0.3) is 0 Å². The quantitative estimate of drug-likeness (QED) is 0.141. The second kappa shape index (κ2) is 24.1. The summed E-state index contributed by atoms with van der Waals surface area (Å²) in [5, 5.41) is 71.6. The fraction of sp³-hybridized carbons (Fsp3) is 0.769. The molecule has 6 rings (SSSR count). The fourth-order valence-electron chi connectivity index (χ4n) is 11.0. The zero-order valence-corrected chi connectivity index (χ0v) is 45.1. The highest BCUT2D eigenvalue weighted by atomic mass is 32.1. The molecule has 3 aliphatic rings. The Hall–Kier alpha value is -3.02. The van der Waals surface area contributed by atoms with Gasteiger partial charge in [0.15, 0.2) is 12.6 Å². The number of hydrogen-bond donors (Lipinski definition) is 5. The van der Waals surface area contributed by atoms with Crippen molar-refractivity contribution in [3.05, 3.63) is 53.3 Å². The molecule has 71 heavy (non-hydrogen) atoms. The number of carbonyl (C=O) groups excluding carboxylic acids is 1. The van der Waals surface area contributed by atoms with Gasteiger partial charge in [-0.25, -0.2) is 4.98 Å². The summed E-state index contributed by atoms with van der Waals surface area (Å²) in [4.78, 5) is 23.3. The molecule has 2 aromatic heterocycles. The van der Waals surface area contributed by atoms with Gasteiger partial charge in [-0.05, 0) is 87.7 Å². The molecule has 0 amide bonds. The van der Waals surface area contributed by atoms with Gasteiger partial charge >= 0.3 is 5.97 Å². The molecule has 0 unspecified atom stereocenters. The molecule has 19 heteroatoms.